The molecule has 1 saturated heterocycles. The second kappa shape index (κ2) is 8.16. The molecule has 1 aromatic carbocycles. The van der Waals surface area contributed by atoms with Crippen molar-refractivity contribution in [3.05, 3.63) is 53.3 Å². The number of fused-ring (bicyclic) bond motifs is 1. The van der Waals surface area contributed by atoms with Gasteiger partial charge in [0.1, 0.15) is 11.7 Å². The summed E-state index contributed by atoms with van der Waals surface area (Å²) in [6, 6.07) is 9.58. The van der Waals surface area contributed by atoms with Gasteiger partial charge in [-0.25, -0.2) is 4.98 Å². The summed E-state index contributed by atoms with van der Waals surface area (Å²) < 4.78 is 0. The van der Waals surface area contributed by atoms with Gasteiger partial charge in [0.15, 0.2) is 0 Å². The number of nitrogens with two attached hydrogens (primary N) is 1. The van der Waals surface area contributed by atoms with Gasteiger partial charge in [-0.15, -0.1) is 0 Å². The van der Waals surface area contributed by atoms with Gasteiger partial charge in [-0.2, -0.15) is 0 Å². The van der Waals surface area contributed by atoms with Crippen LogP contribution in [0.4, 0.5) is 11.5 Å². The van der Waals surface area contributed by atoms with Gasteiger partial charge in [-0.05, 0) is 50.6 Å². The second-order valence-electron chi connectivity index (χ2n) is 7.79. The Balaban J connectivity index is 1.51. The van der Waals surface area contributed by atoms with Gasteiger partial charge in [0.25, 0.3) is 5.91 Å². The minimum atomic E-state index is -0.272. The van der Waals surface area contributed by atoms with Gasteiger partial charge in [0, 0.05) is 59.8 Å². The minimum absolute atomic E-state index is 0.0516. The lowest BCUT2D eigenvalue weighted by Crippen LogP contribution is -2.26. The molecule has 0 saturated carbocycles. The SMILES string of the molecule is CNc1cc(C(=O)Nc2cc3[nH]c(CN4CCC[C@@H]4C)cc3cn2)ccc1C(=N)N. The summed E-state index contributed by atoms with van der Waals surface area (Å²) in [4.78, 5) is 23.0. The van der Waals surface area contributed by atoms with Crippen molar-refractivity contribution < 1.29 is 4.79 Å². The van der Waals surface area contributed by atoms with E-state index < -0.39 is 0 Å². The summed E-state index contributed by atoms with van der Waals surface area (Å²) in [5, 5.41) is 14.5. The number of carbonyl (C=O) groups is 1. The van der Waals surface area contributed by atoms with E-state index in [2.05, 4.69) is 38.5 Å². The Hall–Kier alpha value is -3.39. The van der Waals surface area contributed by atoms with E-state index in [4.69, 9.17) is 11.1 Å². The molecule has 3 aromatic rings. The van der Waals surface area contributed by atoms with Crippen molar-refractivity contribution in [1.82, 2.24) is 14.9 Å². The molecule has 2 aromatic heterocycles. The van der Waals surface area contributed by atoms with Gasteiger partial charge in [0.2, 0.25) is 0 Å². The van der Waals surface area contributed by atoms with Crippen molar-refractivity contribution in [2.45, 2.75) is 32.4 Å². The standard InChI is InChI=1S/C22H27N7O/c1-13-4-3-7-29(13)12-16-8-15-11-26-20(10-18(15)27-16)28-22(30)14-5-6-17(21(23)24)19(9-14)25-2/h5-6,8-11,13,25,27H,3-4,7,12H2,1-2H3,(H3,23,24)(H,26,28,30)/t13-/m0/s1. The number of nitrogen functional groups attached to an aromatic ring is 1. The summed E-state index contributed by atoms with van der Waals surface area (Å²) in [6.07, 6.45) is 4.28. The van der Waals surface area contributed by atoms with Gasteiger partial charge < -0.3 is 21.4 Å². The van der Waals surface area contributed by atoms with Crippen LogP contribution < -0.4 is 16.4 Å². The monoisotopic (exact) mass is 405 g/mol. The minimum Gasteiger partial charge on any atom is -0.388 e. The number of hydrogen-bond donors (Lipinski definition) is 5. The van der Waals surface area contributed by atoms with E-state index in [-0.39, 0.29) is 11.7 Å². The van der Waals surface area contributed by atoms with Crippen molar-refractivity contribution in [3.63, 3.8) is 0 Å². The molecule has 0 aliphatic carbocycles. The predicted molar refractivity (Wildman–Crippen MR) is 120 cm³/mol. The normalized spacial score (nSPS) is 16.7. The van der Waals surface area contributed by atoms with E-state index in [1.54, 1.807) is 31.4 Å². The highest BCUT2D eigenvalue weighted by Crippen LogP contribution is 2.23. The Morgan fingerprint density at radius 1 is 1.37 bits per heavy atom. The number of nitrogens with one attached hydrogen (secondary N) is 4. The first-order chi connectivity index (χ1) is 14.4. The summed E-state index contributed by atoms with van der Waals surface area (Å²) in [7, 11) is 1.73. The molecule has 6 N–H and O–H groups in total. The van der Waals surface area contributed by atoms with Crippen LogP contribution in [-0.2, 0) is 6.54 Å². The Labute approximate surface area is 175 Å². The van der Waals surface area contributed by atoms with Crippen molar-refractivity contribution in [2.75, 3.05) is 24.2 Å². The smallest absolute Gasteiger partial charge is 0.256 e. The number of aromatic nitrogens is 2. The number of benzene rings is 1. The lowest BCUT2D eigenvalue weighted by Gasteiger charge is -2.19. The molecular formula is C22H27N7O. The molecule has 8 heteroatoms. The van der Waals surface area contributed by atoms with Crippen LogP contribution in [-0.4, -0.2) is 46.2 Å². The first-order valence-electron chi connectivity index (χ1n) is 10.1. The van der Waals surface area contributed by atoms with E-state index in [9.17, 15) is 4.79 Å². The van der Waals surface area contributed by atoms with Gasteiger partial charge >= 0.3 is 0 Å². The zero-order valence-corrected chi connectivity index (χ0v) is 17.2. The van der Waals surface area contributed by atoms with E-state index >= 15 is 0 Å². The van der Waals surface area contributed by atoms with Crippen LogP contribution >= 0.6 is 0 Å². The second-order valence-corrected chi connectivity index (χ2v) is 7.79. The summed E-state index contributed by atoms with van der Waals surface area (Å²) >= 11 is 0. The molecule has 1 aliphatic rings. The van der Waals surface area contributed by atoms with Gasteiger partial charge in [0.05, 0.1) is 5.52 Å². The van der Waals surface area contributed by atoms with E-state index in [1.165, 1.54) is 12.8 Å². The van der Waals surface area contributed by atoms with Crippen molar-refractivity contribution >= 4 is 34.2 Å². The third-order valence-electron chi connectivity index (χ3n) is 5.71. The third-order valence-corrected chi connectivity index (χ3v) is 5.71. The quantitative estimate of drug-likeness (QED) is 0.318. The molecule has 8 nitrogen and oxygen atoms in total. The molecule has 156 valence electrons. The molecule has 3 heterocycles. The Kier molecular flexibility index (Phi) is 5.41. The van der Waals surface area contributed by atoms with E-state index in [0.29, 0.717) is 28.7 Å². The summed E-state index contributed by atoms with van der Waals surface area (Å²) in [5.74, 6) is 0.160. The molecule has 0 spiro atoms. The average molecular weight is 406 g/mol. The number of likely N-dealkylation sites (tertiary alicyclic amines) is 1. The Bertz CT molecular complexity index is 1100. The first-order valence-corrected chi connectivity index (χ1v) is 10.1. The zero-order chi connectivity index (χ0) is 21.3. The maximum absolute atomic E-state index is 12.7. The number of aromatic amines is 1. The van der Waals surface area contributed by atoms with Gasteiger partial charge in [-0.1, -0.05) is 0 Å². The van der Waals surface area contributed by atoms with Crippen molar-refractivity contribution in [1.29, 1.82) is 5.41 Å². The molecule has 0 bridgehead atoms. The molecule has 1 amide bonds. The Morgan fingerprint density at radius 2 is 2.20 bits per heavy atom. The predicted octanol–water partition coefficient (Wildman–Crippen LogP) is 3.13. The van der Waals surface area contributed by atoms with Crippen LogP contribution in [0.3, 0.4) is 0 Å². The first kappa shape index (κ1) is 19.9. The molecule has 4 rings (SSSR count). The highest BCUT2D eigenvalue weighted by molar-refractivity contribution is 6.07. The van der Waals surface area contributed by atoms with Crippen molar-refractivity contribution in [2.24, 2.45) is 5.73 Å². The fraction of sp³-hybridized carbons (Fsp3) is 0.318. The van der Waals surface area contributed by atoms with Crippen molar-refractivity contribution in [3.8, 4) is 0 Å². The lowest BCUT2D eigenvalue weighted by atomic mass is 10.1. The van der Waals surface area contributed by atoms with E-state index in [0.717, 1.165) is 29.7 Å². The molecule has 1 atom stereocenters. The average Bonchev–Trinajstić information content (AvgIpc) is 3.32. The molecule has 0 unspecified atom stereocenters. The van der Waals surface area contributed by atoms with Gasteiger partial charge in [-0.3, -0.25) is 15.1 Å². The Morgan fingerprint density at radius 3 is 2.90 bits per heavy atom. The maximum Gasteiger partial charge on any atom is 0.256 e. The maximum atomic E-state index is 12.7. The van der Waals surface area contributed by atoms with E-state index in [1.807, 2.05) is 6.07 Å². The fourth-order valence-corrected chi connectivity index (χ4v) is 4.00. The van der Waals surface area contributed by atoms with Crippen LogP contribution in [0.15, 0.2) is 36.5 Å². The van der Waals surface area contributed by atoms with Crippen LogP contribution in [0.2, 0.25) is 0 Å². The highest BCUT2D eigenvalue weighted by atomic mass is 16.1. The zero-order valence-electron chi connectivity index (χ0n) is 17.2. The molecule has 1 fully saturated rings. The summed E-state index contributed by atoms with van der Waals surface area (Å²) in [5.41, 5.74) is 9.33. The number of H-pyrrole nitrogens is 1. The van der Waals surface area contributed by atoms with Crippen LogP contribution in [0, 0.1) is 5.41 Å². The molecule has 30 heavy (non-hydrogen) atoms. The van der Waals surface area contributed by atoms with Crippen LogP contribution in [0.25, 0.3) is 10.9 Å². The number of rotatable bonds is 6. The number of carbonyl (C=O) groups excluding carboxylic acids is 1. The largest absolute Gasteiger partial charge is 0.388 e. The number of amides is 1. The lowest BCUT2D eigenvalue weighted by molar-refractivity contribution is 0.102. The highest BCUT2D eigenvalue weighted by Gasteiger charge is 2.20. The number of pyridine rings is 1. The fourth-order valence-electron chi connectivity index (χ4n) is 4.00. The molecular weight excluding hydrogens is 378 g/mol. The number of nitrogens with zero attached hydrogens (tertiary/aromatic N) is 2. The van der Waals surface area contributed by atoms with Crippen LogP contribution in [0.1, 0.15) is 41.4 Å². The molecule has 0 radical (unpaired) electrons. The number of anilines is 2. The third kappa shape index (κ3) is 3.99. The van der Waals surface area contributed by atoms with Crippen LogP contribution in [0.5, 0.6) is 0 Å². The summed E-state index contributed by atoms with van der Waals surface area (Å²) in [6.45, 7) is 4.30. The molecule has 1 aliphatic heterocycles. The number of hydrogen-bond acceptors (Lipinski definition) is 5. The topological polar surface area (TPSA) is 123 Å². The number of amidine groups is 1.